The molecule has 0 radical (unpaired) electrons. The molecule has 3 rings (SSSR count). The van der Waals surface area contributed by atoms with Gasteiger partial charge in [0.1, 0.15) is 12.2 Å². The van der Waals surface area contributed by atoms with E-state index < -0.39 is 11.9 Å². The molecule has 0 aromatic carbocycles. The Balaban J connectivity index is 1.68. The molecule has 4 amide bonds. The van der Waals surface area contributed by atoms with Crippen LogP contribution in [0.3, 0.4) is 0 Å². The van der Waals surface area contributed by atoms with Crippen LogP contribution in [0.2, 0.25) is 0 Å². The molecule has 3 heterocycles. The van der Waals surface area contributed by atoms with Crippen molar-refractivity contribution < 1.29 is 14.4 Å². The standard InChI is InChI=1S/C15H17N3O3S/c19-13(17-6-2-1-3-7-17)10-18-14(20)12(16-15(18)21)9-11-5-4-8-22-11/h4-5,8-9H,1-3,6-7,10H2,(H,16,21)/b12-9-. The van der Waals surface area contributed by atoms with Gasteiger partial charge in [0.05, 0.1) is 0 Å². The summed E-state index contributed by atoms with van der Waals surface area (Å²) in [7, 11) is 0. The normalized spacial score (nSPS) is 20.6. The zero-order valence-electron chi connectivity index (χ0n) is 12.1. The number of hydrogen-bond acceptors (Lipinski definition) is 4. The molecule has 6 nitrogen and oxygen atoms in total. The summed E-state index contributed by atoms with van der Waals surface area (Å²) < 4.78 is 0. The predicted molar refractivity (Wildman–Crippen MR) is 83.0 cm³/mol. The Bertz CT molecular complexity index is 618. The monoisotopic (exact) mass is 319 g/mol. The van der Waals surface area contributed by atoms with Crippen molar-refractivity contribution >= 4 is 35.3 Å². The Morgan fingerprint density at radius 2 is 2.05 bits per heavy atom. The van der Waals surface area contributed by atoms with Crippen LogP contribution in [-0.4, -0.2) is 47.3 Å². The van der Waals surface area contributed by atoms with Gasteiger partial charge in [-0.15, -0.1) is 11.3 Å². The molecule has 1 N–H and O–H groups in total. The van der Waals surface area contributed by atoms with Crippen molar-refractivity contribution in [2.75, 3.05) is 19.6 Å². The third-order valence-electron chi connectivity index (χ3n) is 3.79. The van der Waals surface area contributed by atoms with Gasteiger partial charge in [0, 0.05) is 18.0 Å². The first-order chi connectivity index (χ1) is 10.6. The maximum absolute atomic E-state index is 12.3. The van der Waals surface area contributed by atoms with Crippen molar-refractivity contribution in [2.24, 2.45) is 0 Å². The van der Waals surface area contributed by atoms with Gasteiger partial charge in [-0.2, -0.15) is 0 Å². The molecule has 0 aliphatic carbocycles. The van der Waals surface area contributed by atoms with Gasteiger partial charge in [0.15, 0.2) is 0 Å². The average Bonchev–Trinajstić information content (AvgIpc) is 3.12. The zero-order chi connectivity index (χ0) is 15.5. The molecule has 0 atom stereocenters. The number of thiophene rings is 1. The van der Waals surface area contributed by atoms with Gasteiger partial charge < -0.3 is 10.2 Å². The molecule has 2 saturated heterocycles. The van der Waals surface area contributed by atoms with Crippen LogP contribution in [0.25, 0.3) is 6.08 Å². The highest BCUT2D eigenvalue weighted by atomic mass is 32.1. The molecule has 0 unspecified atom stereocenters. The Hall–Kier alpha value is -2.15. The SMILES string of the molecule is O=C(CN1C(=O)N/C(=C\c2cccs2)C1=O)N1CCCCC1. The van der Waals surface area contributed by atoms with E-state index in [0.29, 0.717) is 13.1 Å². The highest BCUT2D eigenvalue weighted by molar-refractivity contribution is 7.10. The van der Waals surface area contributed by atoms with Crippen LogP contribution in [-0.2, 0) is 9.59 Å². The molecular weight excluding hydrogens is 302 g/mol. The number of rotatable bonds is 3. The first-order valence-electron chi connectivity index (χ1n) is 7.31. The predicted octanol–water partition coefficient (Wildman–Crippen LogP) is 1.65. The molecule has 2 fully saturated rings. The lowest BCUT2D eigenvalue weighted by Gasteiger charge is -2.27. The van der Waals surface area contributed by atoms with E-state index in [1.807, 2.05) is 17.5 Å². The van der Waals surface area contributed by atoms with Crippen molar-refractivity contribution in [1.29, 1.82) is 0 Å². The molecule has 1 aromatic heterocycles. The van der Waals surface area contributed by atoms with E-state index in [9.17, 15) is 14.4 Å². The number of hydrogen-bond donors (Lipinski definition) is 1. The summed E-state index contributed by atoms with van der Waals surface area (Å²) in [6.45, 7) is 1.23. The second-order valence-electron chi connectivity index (χ2n) is 5.34. The number of nitrogens with zero attached hydrogens (tertiary/aromatic N) is 2. The molecule has 0 bridgehead atoms. The van der Waals surface area contributed by atoms with Gasteiger partial charge in [0.2, 0.25) is 5.91 Å². The van der Waals surface area contributed by atoms with E-state index in [1.165, 1.54) is 11.3 Å². The van der Waals surface area contributed by atoms with Crippen LogP contribution >= 0.6 is 11.3 Å². The molecule has 116 valence electrons. The summed E-state index contributed by atoms with van der Waals surface area (Å²) in [4.78, 5) is 40.0. The summed E-state index contributed by atoms with van der Waals surface area (Å²) in [6.07, 6.45) is 4.72. The van der Waals surface area contributed by atoms with Crippen LogP contribution in [0.1, 0.15) is 24.1 Å². The van der Waals surface area contributed by atoms with Gasteiger partial charge in [-0.25, -0.2) is 9.69 Å². The maximum atomic E-state index is 12.3. The number of amides is 4. The second kappa shape index (κ2) is 6.31. The van der Waals surface area contributed by atoms with Crippen LogP contribution in [0.5, 0.6) is 0 Å². The summed E-state index contributed by atoms with van der Waals surface area (Å²) in [6, 6.07) is 3.20. The number of carbonyl (C=O) groups excluding carboxylic acids is 3. The molecule has 0 saturated carbocycles. The molecule has 2 aliphatic heterocycles. The van der Waals surface area contributed by atoms with Crippen LogP contribution in [0, 0.1) is 0 Å². The molecule has 1 aromatic rings. The van der Waals surface area contributed by atoms with E-state index in [0.717, 1.165) is 29.0 Å². The van der Waals surface area contributed by atoms with Crippen LogP contribution in [0.15, 0.2) is 23.2 Å². The van der Waals surface area contributed by atoms with Gasteiger partial charge in [-0.05, 0) is 36.8 Å². The van der Waals surface area contributed by atoms with E-state index in [-0.39, 0.29) is 18.1 Å². The van der Waals surface area contributed by atoms with Crippen molar-refractivity contribution in [3.8, 4) is 0 Å². The van der Waals surface area contributed by atoms with E-state index in [4.69, 9.17) is 0 Å². The minimum Gasteiger partial charge on any atom is -0.341 e. The van der Waals surface area contributed by atoms with Gasteiger partial charge in [-0.3, -0.25) is 9.59 Å². The summed E-state index contributed by atoms with van der Waals surface area (Å²) in [5, 5.41) is 4.43. The van der Waals surface area contributed by atoms with Gasteiger partial charge >= 0.3 is 6.03 Å². The van der Waals surface area contributed by atoms with Crippen molar-refractivity contribution in [2.45, 2.75) is 19.3 Å². The maximum Gasteiger partial charge on any atom is 0.329 e. The first-order valence-corrected chi connectivity index (χ1v) is 8.19. The van der Waals surface area contributed by atoms with Crippen LogP contribution in [0.4, 0.5) is 4.79 Å². The lowest BCUT2D eigenvalue weighted by Crippen LogP contribution is -2.44. The van der Waals surface area contributed by atoms with Crippen molar-refractivity contribution in [1.82, 2.24) is 15.1 Å². The average molecular weight is 319 g/mol. The number of urea groups is 1. The molecule has 7 heteroatoms. The van der Waals surface area contributed by atoms with Gasteiger partial charge in [-0.1, -0.05) is 6.07 Å². The van der Waals surface area contributed by atoms with Crippen LogP contribution < -0.4 is 5.32 Å². The number of nitrogens with one attached hydrogen (secondary N) is 1. The third kappa shape index (κ3) is 3.04. The van der Waals surface area contributed by atoms with E-state index >= 15 is 0 Å². The Kier molecular flexibility index (Phi) is 4.24. The summed E-state index contributed by atoms with van der Waals surface area (Å²) >= 11 is 1.48. The Labute approximate surface area is 132 Å². The minimum absolute atomic E-state index is 0.166. The first kappa shape index (κ1) is 14.8. The van der Waals surface area contributed by atoms with Crippen molar-refractivity contribution in [3.63, 3.8) is 0 Å². The number of likely N-dealkylation sites (tertiary alicyclic amines) is 1. The lowest BCUT2D eigenvalue weighted by molar-refractivity contribution is -0.136. The lowest BCUT2D eigenvalue weighted by atomic mass is 10.1. The molecule has 2 aliphatic rings. The van der Waals surface area contributed by atoms with E-state index in [2.05, 4.69) is 5.32 Å². The zero-order valence-corrected chi connectivity index (χ0v) is 12.9. The topological polar surface area (TPSA) is 69.7 Å². The molecular formula is C15H17N3O3S. The fraction of sp³-hybridized carbons (Fsp3) is 0.400. The minimum atomic E-state index is -0.529. The second-order valence-corrected chi connectivity index (χ2v) is 6.32. The number of carbonyl (C=O) groups is 3. The molecule has 22 heavy (non-hydrogen) atoms. The fourth-order valence-electron chi connectivity index (χ4n) is 2.61. The third-order valence-corrected chi connectivity index (χ3v) is 4.61. The van der Waals surface area contributed by atoms with Crippen molar-refractivity contribution in [3.05, 3.63) is 28.1 Å². The summed E-state index contributed by atoms with van der Waals surface area (Å²) in [5.74, 6) is -0.607. The highest BCUT2D eigenvalue weighted by Gasteiger charge is 2.36. The van der Waals surface area contributed by atoms with Gasteiger partial charge in [0.25, 0.3) is 5.91 Å². The fourth-order valence-corrected chi connectivity index (χ4v) is 3.27. The summed E-state index contributed by atoms with van der Waals surface area (Å²) in [5.41, 5.74) is 0.221. The largest absolute Gasteiger partial charge is 0.341 e. The quantitative estimate of drug-likeness (QED) is 0.680. The van der Waals surface area contributed by atoms with E-state index in [1.54, 1.807) is 11.0 Å². The number of imide groups is 1. The Morgan fingerprint density at radius 3 is 2.73 bits per heavy atom. The highest BCUT2D eigenvalue weighted by Crippen LogP contribution is 2.18. The smallest absolute Gasteiger partial charge is 0.329 e. The number of piperidine rings is 1. The Morgan fingerprint density at radius 1 is 1.27 bits per heavy atom. The molecule has 0 spiro atoms.